The Labute approximate surface area is 200 Å². The largest absolute Gasteiger partial charge is 0.357 e. The van der Waals surface area contributed by atoms with Crippen LogP contribution < -0.4 is 10.5 Å². The maximum absolute atomic E-state index is 13.1. The summed E-state index contributed by atoms with van der Waals surface area (Å²) in [5.74, 6) is 1.71. The number of rotatable bonds is 6. The van der Waals surface area contributed by atoms with E-state index in [0.29, 0.717) is 39.7 Å². The average Bonchev–Trinajstić information content (AvgIpc) is 3.00. The van der Waals surface area contributed by atoms with Crippen LogP contribution in [0.3, 0.4) is 0 Å². The zero-order valence-corrected chi connectivity index (χ0v) is 21.2. The summed E-state index contributed by atoms with van der Waals surface area (Å²) in [6.07, 6.45) is 4.88. The molecule has 0 bridgehead atoms. The van der Waals surface area contributed by atoms with Gasteiger partial charge in [-0.1, -0.05) is 51.2 Å². The average molecular weight is 473 g/mol. The van der Waals surface area contributed by atoms with E-state index in [2.05, 4.69) is 31.7 Å². The lowest BCUT2D eigenvalue weighted by Gasteiger charge is -2.38. The zero-order chi connectivity index (χ0) is 23.6. The second kappa shape index (κ2) is 10.2. The Morgan fingerprint density at radius 1 is 1.22 bits per heavy atom. The first-order chi connectivity index (χ1) is 15.2. The number of nitrogens with zero attached hydrogens (tertiary/aromatic N) is 4. The van der Waals surface area contributed by atoms with Crippen molar-refractivity contribution in [3.05, 3.63) is 31.9 Å². The minimum absolute atomic E-state index is 0.0908. The second-order valence-electron chi connectivity index (χ2n) is 8.94. The summed E-state index contributed by atoms with van der Waals surface area (Å²) >= 11 is 6.78. The van der Waals surface area contributed by atoms with Crippen molar-refractivity contribution in [1.29, 1.82) is 5.26 Å². The van der Waals surface area contributed by atoms with Gasteiger partial charge in [-0.25, -0.2) is 0 Å². The van der Waals surface area contributed by atoms with E-state index in [1.54, 1.807) is 9.47 Å². The third-order valence-corrected chi connectivity index (χ3v) is 7.59. The highest BCUT2D eigenvalue weighted by Crippen LogP contribution is 2.37. The molecule has 2 unspecified atom stereocenters. The van der Waals surface area contributed by atoms with Crippen molar-refractivity contribution >= 4 is 46.1 Å². The van der Waals surface area contributed by atoms with Crippen LogP contribution in [0.5, 0.6) is 0 Å². The Morgan fingerprint density at radius 3 is 2.44 bits per heavy atom. The predicted octanol–water partition coefficient (Wildman–Crippen LogP) is 4.53. The number of aromatic nitrogens is 1. The Balaban J connectivity index is 2.20. The van der Waals surface area contributed by atoms with Gasteiger partial charge in [0.25, 0.3) is 11.5 Å². The molecule has 0 radical (unpaired) electrons. The standard InChI is InChI=1S/C24H32N4O2S2/c1-6-8-9-28-23(30)20(32-24(28)31)11-18-17(5)19(12-25)22(29)27(7-2)21(18)26-13-15(3)10-16(4)14-26/h11,15-16H,6-10,13-14H2,1-5H3/b20-11+. The van der Waals surface area contributed by atoms with Gasteiger partial charge in [0.15, 0.2) is 0 Å². The molecule has 2 atom stereocenters. The van der Waals surface area contributed by atoms with Crippen molar-refractivity contribution in [3.63, 3.8) is 0 Å². The lowest BCUT2D eigenvalue weighted by Crippen LogP contribution is -2.42. The smallest absolute Gasteiger partial charge is 0.270 e. The van der Waals surface area contributed by atoms with Gasteiger partial charge in [0.1, 0.15) is 21.8 Å². The maximum atomic E-state index is 13.1. The minimum atomic E-state index is -0.263. The number of carbonyl (C=O) groups is 1. The molecule has 0 aromatic carbocycles. The molecule has 32 heavy (non-hydrogen) atoms. The molecule has 0 N–H and O–H groups in total. The molecular weight excluding hydrogens is 440 g/mol. The van der Waals surface area contributed by atoms with Crippen LogP contribution in [0.25, 0.3) is 6.08 Å². The van der Waals surface area contributed by atoms with E-state index in [1.165, 1.54) is 11.8 Å². The molecule has 1 amide bonds. The third-order valence-electron chi connectivity index (χ3n) is 6.22. The van der Waals surface area contributed by atoms with Crippen LogP contribution in [-0.4, -0.2) is 39.3 Å². The molecule has 6 nitrogen and oxygen atoms in total. The van der Waals surface area contributed by atoms with E-state index in [0.717, 1.165) is 43.7 Å². The summed E-state index contributed by atoms with van der Waals surface area (Å²) in [6.45, 7) is 13.0. The fourth-order valence-electron chi connectivity index (χ4n) is 4.75. The number of piperidine rings is 1. The molecule has 172 valence electrons. The summed E-state index contributed by atoms with van der Waals surface area (Å²) in [6, 6.07) is 2.10. The summed E-state index contributed by atoms with van der Waals surface area (Å²) in [4.78, 5) is 30.7. The molecule has 8 heteroatoms. The molecule has 2 saturated heterocycles. The van der Waals surface area contributed by atoms with Gasteiger partial charge >= 0.3 is 0 Å². The highest BCUT2D eigenvalue weighted by molar-refractivity contribution is 8.26. The van der Waals surface area contributed by atoms with Crippen LogP contribution >= 0.6 is 24.0 Å². The number of nitriles is 1. The molecular formula is C24H32N4O2S2. The summed E-state index contributed by atoms with van der Waals surface area (Å²) in [5, 5.41) is 9.72. The van der Waals surface area contributed by atoms with E-state index < -0.39 is 0 Å². The Morgan fingerprint density at radius 2 is 1.88 bits per heavy atom. The normalized spacial score (nSPS) is 22.7. The van der Waals surface area contributed by atoms with E-state index >= 15 is 0 Å². The number of thioether (sulfide) groups is 1. The number of pyridine rings is 1. The molecule has 3 rings (SSSR count). The predicted molar refractivity (Wildman–Crippen MR) is 136 cm³/mol. The van der Waals surface area contributed by atoms with E-state index in [9.17, 15) is 14.9 Å². The molecule has 0 spiro atoms. The summed E-state index contributed by atoms with van der Waals surface area (Å²) in [7, 11) is 0. The quantitative estimate of drug-likeness (QED) is 0.447. The van der Waals surface area contributed by atoms with Crippen molar-refractivity contribution in [1.82, 2.24) is 9.47 Å². The van der Waals surface area contributed by atoms with Crippen LogP contribution in [0, 0.1) is 30.1 Å². The van der Waals surface area contributed by atoms with Gasteiger partial charge in [-0.2, -0.15) is 5.26 Å². The number of hydrogen-bond acceptors (Lipinski definition) is 6. The topological polar surface area (TPSA) is 69.3 Å². The molecule has 0 saturated carbocycles. The number of thiocarbonyl (C=S) groups is 1. The SMILES string of the molecule is CCCCN1C(=O)/C(=C\c2c(C)c(C#N)c(=O)n(CC)c2N2CC(C)CC(C)C2)SC1=S. The Hall–Kier alpha value is -2.11. The van der Waals surface area contributed by atoms with Gasteiger partial charge in [0.2, 0.25) is 0 Å². The van der Waals surface area contributed by atoms with Crippen molar-refractivity contribution in [3.8, 4) is 6.07 Å². The van der Waals surface area contributed by atoms with Crippen LogP contribution in [-0.2, 0) is 11.3 Å². The molecule has 1 aromatic heterocycles. The van der Waals surface area contributed by atoms with E-state index in [1.807, 2.05) is 19.9 Å². The Kier molecular flexibility index (Phi) is 7.84. The number of anilines is 1. The lowest BCUT2D eigenvalue weighted by atomic mass is 9.91. The van der Waals surface area contributed by atoms with Gasteiger partial charge < -0.3 is 4.90 Å². The number of unbranched alkanes of at least 4 members (excludes halogenated alkanes) is 1. The first-order valence-electron chi connectivity index (χ1n) is 11.4. The van der Waals surface area contributed by atoms with Gasteiger partial charge in [-0.15, -0.1) is 0 Å². The molecule has 1 aromatic rings. The number of amides is 1. The second-order valence-corrected chi connectivity index (χ2v) is 10.6. The highest BCUT2D eigenvalue weighted by atomic mass is 32.2. The first-order valence-corrected chi connectivity index (χ1v) is 12.6. The van der Waals surface area contributed by atoms with Gasteiger partial charge in [0, 0.05) is 31.7 Å². The third kappa shape index (κ3) is 4.65. The molecule has 2 aliphatic heterocycles. The van der Waals surface area contributed by atoms with Crippen molar-refractivity contribution in [2.45, 2.75) is 60.4 Å². The first kappa shape index (κ1) is 24.5. The monoisotopic (exact) mass is 472 g/mol. The van der Waals surface area contributed by atoms with Crippen LogP contribution in [0.2, 0.25) is 0 Å². The van der Waals surface area contributed by atoms with Crippen LogP contribution in [0.15, 0.2) is 9.70 Å². The van der Waals surface area contributed by atoms with E-state index in [-0.39, 0.29) is 17.0 Å². The number of carbonyl (C=O) groups excluding carboxylic acids is 1. The van der Waals surface area contributed by atoms with Crippen LogP contribution in [0.4, 0.5) is 5.82 Å². The van der Waals surface area contributed by atoms with Gasteiger partial charge in [-0.05, 0) is 50.2 Å². The zero-order valence-electron chi connectivity index (χ0n) is 19.6. The molecule has 3 heterocycles. The van der Waals surface area contributed by atoms with Crippen LogP contribution in [0.1, 0.15) is 63.6 Å². The lowest BCUT2D eigenvalue weighted by molar-refractivity contribution is -0.122. The number of hydrogen-bond donors (Lipinski definition) is 0. The Bertz CT molecular complexity index is 1040. The van der Waals surface area contributed by atoms with Crippen molar-refractivity contribution in [2.24, 2.45) is 11.8 Å². The van der Waals surface area contributed by atoms with E-state index in [4.69, 9.17) is 12.2 Å². The summed E-state index contributed by atoms with van der Waals surface area (Å²) < 4.78 is 2.26. The van der Waals surface area contributed by atoms with Gasteiger partial charge in [0.05, 0.1) is 4.91 Å². The van der Waals surface area contributed by atoms with Crippen molar-refractivity contribution < 1.29 is 4.79 Å². The minimum Gasteiger partial charge on any atom is -0.357 e. The molecule has 2 fully saturated rings. The molecule has 2 aliphatic rings. The van der Waals surface area contributed by atoms with Gasteiger partial charge in [-0.3, -0.25) is 19.1 Å². The fourth-order valence-corrected chi connectivity index (χ4v) is 6.04. The molecule has 0 aliphatic carbocycles. The van der Waals surface area contributed by atoms with Crippen molar-refractivity contribution in [2.75, 3.05) is 24.5 Å². The summed E-state index contributed by atoms with van der Waals surface area (Å²) in [5.41, 5.74) is 1.28. The maximum Gasteiger partial charge on any atom is 0.270 e. The fraction of sp³-hybridized carbons (Fsp3) is 0.583. The highest BCUT2D eigenvalue weighted by Gasteiger charge is 2.33.